The summed E-state index contributed by atoms with van der Waals surface area (Å²) in [6.45, 7) is 1.99. The summed E-state index contributed by atoms with van der Waals surface area (Å²) >= 11 is 0. The summed E-state index contributed by atoms with van der Waals surface area (Å²) in [4.78, 5) is 31.3. The van der Waals surface area contributed by atoms with E-state index in [1.165, 1.54) is 23.4 Å². The van der Waals surface area contributed by atoms with Gasteiger partial charge in [0.05, 0.1) is 17.4 Å². The third-order valence-corrected chi connectivity index (χ3v) is 4.57. The summed E-state index contributed by atoms with van der Waals surface area (Å²) in [6.07, 6.45) is 6.92. The molecule has 4 rings (SSSR count). The van der Waals surface area contributed by atoms with Crippen molar-refractivity contribution in [2.24, 2.45) is 4.99 Å². The highest BCUT2D eigenvalue weighted by atomic mass is 19.1. The zero-order valence-electron chi connectivity index (χ0n) is 14.9. The van der Waals surface area contributed by atoms with Crippen LogP contribution in [-0.2, 0) is 0 Å². The molecule has 2 aromatic heterocycles. The van der Waals surface area contributed by atoms with Gasteiger partial charge >= 0.3 is 6.09 Å². The number of halogens is 1. The molecule has 0 saturated carbocycles. The van der Waals surface area contributed by atoms with Crippen molar-refractivity contribution in [3.05, 3.63) is 54.4 Å². The van der Waals surface area contributed by atoms with E-state index in [4.69, 9.17) is 5.11 Å². The fourth-order valence-corrected chi connectivity index (χ4v) is 3.16. The maximum Gasteiger partial charge on any atom is 0.407 e. The Morgan fingerprint density at radius 1 is 1.14 bits per heavy atom. The second-order valence-corrected chi connectivity index (χ2v) is 6.31. The SMILES string of the molecule is O=C(O)N1CCN(c2ccncc2/N=C/c2cc(F)c3nccnc3c2)CC1. The van der Waals surface area contributed by atoms with Gasteiger partial charge in [-0.15, -0.1) is 0 Å². The highest BCUT2D eigenvalue weighted by molar-refractivity contribution is 5.89. The van der Waals surface area contributed by atoms with Gasteiger partial charge in [0.1, 0.15) is 11.2 Å². The molecule has 0 aliphatic carbocycles. The van der Waals surface area contributed by atoms with E-state index in [-0.39, 0.29) is 5.52 Å². The Hall–Kier alpha value is -3.62. The number of carbonyl (C=O) groups is 1. The molecule has 8 nitrogen and oxygen atoms in total. The molecule has 0 unspecified atom stereocenters. The Morgan fingerprint density at radius 2 is 1.93 bits per heavy atom. The van der Waals surface area contributed by atoms with Crippen molar-refractivity contribution in [3.63, 3.8) is 0 Å². The van der Waals surface area contributed by atoms with Crippen LogP contribution in [0.2, 0.25) is 0 Å². The number of benzene rings is 1. The lowest BCUT2D eigenvalue weighted by Gasteiger charge is -2.35. The Balaban J connectivity index is 1.58. The van der Waals surface area contributed by atoms with E-state index in [1.54, 1.807) is 24.7 Å². The predicted molar refractivity (Wildman–Crippen MR) is 103 cm³/mol. The van der Waals surface area contributed by atoms with Gasteiger partial charge < -0.3 is 14.9 Å². The van der Waals surface area contributed by atoms with Gasteiger partial charge in [-0.25, -0.2) is 14.2 Å². The van der Waals surface area contributed by atoms with Crippen molar-refractivity contribution >= 4 is 34.7 Å². The number of hydrogen-bond acceptors (Lipinski definition) is 6. The lowest BCUT2D eigenvalue weighted by atomic mass is 10.2. The molecule has 1 aromatic carbocycles. The fourth-order valence-electron chi connectivity index (χ4n) is 3.16. The minimum Gasteiger partial charge on any atom is -0.465 e. The molecule has 0 atom stereocenters. The van der Waals surface area contributed by atoms with E-state index >= 15 is 0 Å². The first-order valence-corrected chi connectivity index (χ1v) is 8.73. The molecule has 142 valence electrons. The molecule has 1 N–H and O–H groups in total. The van der Waals surface area contributed by atoms with Crippen LogP contribution in [0.25, 0.3) is 11.0 Å². The summed E-state index contributed by atoms with van der Waals surface area (Å²) in [7, 11) is 0. The third kappa shape index (κ3) is 3.59. The monoisotopic (exact) mass is 380 g/mol. The number of fused-ring (bicyclic) bond motifs is 1. The number of amides is 1. The van der Waals surface area contributed by atoms with Crippen molar-refractivity contribution in [1.82, 2.24) is 19.9 Å². The largest absolute Gasteiger partial charge is 0.465 e. The summed E-state index contributed by atoms with van der Waals surface area (Å²) < 4.78 is 14.2. The number of hydrogen-bond donors (Lipinski definition) is 1. The number of aromatic nitrogens is 3. The number of carboxylic acid groups (broad SMARTS) is 1. The molecular formula is C19H17FN6O2. The first-order chi connectivity index (χ1) is 13.6. The van der Waals surface area contributed by atoms with Gasteiger partial charge in [-0.3, -0.25) is 15.0 Å². The average Bonchev–Trinajstić information content (AvgIpc) is 2.72. The van der Waals surface area contributed by atoms with Crippen LogP contribution in [-0.4, -0.2) is 63.4 Å². The van der Waals surface area contributed by atoms with E-state index in [9.17, 15) is 9.18 Å². The number of nitrogens with zero attached hydrogens (tertiary/aromatic N) is 6. The average molecular weight is 380 g/mol. The quantitative estimate of drug-likeness (QED) is 0.702. The van der Waals surface area contributed by atoms with E-state index in [1.807, 2.05) is 6.07 Å². The normalized spacial score (nSPS) is 14.8. The van der Waals surface area contributed by atoms with Crippen LogP contribution >= 0.6 is 0 Å². The van der Waals surface area contributed by atoms with Gasteiger partial charge in [0.15, 0.2) is 5.82 Å². The summed E-state index contributed by atoms with van der Waals surface area (Å²) in [5, 5.41) is 9.09. The zero-order chi connectivity index (χ0) is 19.5. The topological polar surface area (TPSA) is 94.8 Å². The van der Waals surface area contributed by atoms with Crippen molar-refractivity contribution in [2.75, 3.05) is 31.1 Å². The van der Waals surface area contributed by atoms with Gasteiger partial charge in [-0.2, -0.15) is 0 Å². The molecule has 3 aromatic rings. The number of anilines is 1. The Morgan fingerprint density at radius 3 is 2.71 bits per heavy atom. The first kappa shape index (κ1) is 17.8. The molecule has 1 saturated heterocycles. The van der Waals surface area contributed by atoms with Crippen molar-refractivity contribution < 1.29 is 14.3 Å². The van der Waals surface area contributed by atoms with E-state index < -0.39 is 11.9 Å². The molecular weight excluding hydrogens is 363 g/mol. The molecule has 28 heavy (non-hydrogen) atoms. The van der Waals surface area contributed by atoms with Gasteiger partial charge in [0, 0.05) is 51.0 Å². The van der Waals surface area contributed by atoms with Crippen molar-refractivity contribution in [1.29, 1.82) is 0 Å². The van der Waals surface area contributed by atoms with Crippen molar-refractivity contribution in [2.45, 2.75) is 0 Å². The van der Waals surface area contributed by atoms with Crippen LogP contribution in [0.4, 0.5) is 20.6 Å². The van der Waals surface area contributed by atoms with E-state index in [2.05, 4.69) is 24.8 Å². The second kappa shape index (κ2) is 7.55. The summed E-state index contributed by atoms with van der Waals surface area (Å²) in [5.41, 5.74) is 2.73. The molecule has 1 aliphatic heterocycles. The van der Waals surface area contributed by atoms with Gasteiger partial charge in [-0.05, 0) is 23.8 Å². The number of piperazine rings is 1. The maximum atomic E-state index is 14.2. The lowest BCUT2D eigenvalue weighted by Crippen LogP contribution is -2.48. The fraction of sp³-hybridized carbons (Fsp3) is 0.211. The molecule has 9 heteroatoms. The summed E-state index contributed by atoms with van der Waals surface area (Å²) in [6, 6.07) is 4.92. The van der Waals surface area contributed by atoms with Crippen LogP contribution in [0.5, 0.6) is 0 Å². The molecule has 1 aliphatic rings. The predicted octanol–water partition coefficient (Wildman–Crippen LogP) is 2.71. The zero-order valence-corrected chi connectivity index (χ0v) is 14.9. The minimum absolute atomic E-state index is 0.220. The standard InChI is InChI=1S/C19H17FN6O2/c20-14-9-13(10-15-18(14)23-4-3-22-15)11-24-16-12-21-2-1-17(16)25-5-7-26(8-6-25)19(27)28/h1-4,9-12H,5-8H2,(H,27,28)/b24-11+. The third-order valence-electron chi connectivity index (χ3n) is 4.57. The first-order valence-electron chi connectivity index (χ1n) is 8.73. The molecule has 0 bridgehead atoms. The molecule has 3 heterocycles. The van der Waals surface area contributed by atoms with Crippen LogP contribution in [0.3, 0.4) is 0 Å². The number of aliphatic imine (C=N–C) groups is 1. The van der Waals surface area contributed by atoms with Gasteiger partial charge in [0.2, 0.25) is 0 Å². The minimum atomic E-state index is -0.908. The number of pyridine rings is 1. The smallest absolute Gasteiger partial charge is 0.407 e. The second-order valence-electron chi connectivity index (χ2n) is 6.31. The molecule has 1 fully saturated rings. The van der Waals surface area contributed by atoms with Gasteiger partial charge in [-0.1, -0.05) is 0 Å². The Kier molecular flexibility index (Phi) is 4.79. The van der Waals surface area contributed by atoms with Crippen LogP contribution in [0.1, 0.15) is 5.56 Å². The Bertz CT molecular complexity index is 1050. The van der Waals surface area contributed by atoms with E-state index in [0.717, 1.165) is 5.69 Å². The van der Waals surface area contributed by atoms with Crippen molar-refractivity contribution in [3.8, 4) is 0 Å². The van der Waals surface area contributed by atoms with E-state index in [0.29, 0.717) is 42.9 Å². The summed E-state index contributed by atoms with van der Waals surface area (Å²) in [5.74, 6) is -0.455. The molecule has 0 radical (unpaired) electrons. The molecule has 1 amide bonds. The number of rotatable bonds is 3. The van der Waals surface area contributed by atoms with Crippen LogP contribution in [0.15, 0.2) is 48.0 Å². The highest BCUT2D eigenvalue weighted by Crippen LogP contribution is 2.28. The highest BCUT2D eigenvalue weighted by Gasteiger charge is 2.21. The Labute approximate surface area is 160 Å². The maximum absolute atomic E-state index is 14.2. The molecule has 0 spiro atoms. The van der Waals surface area contributed by atoms with Gasteiger partial charge in [0.25, 0.3) is 0 Å². The van der Waals surface area contributed by atoms with Crippen LogP contribution < -0.4 is 4.90 Å². The lowest BCUT2D eigenvalue weighted by molar-refractivity contribution is 0.142. The van der Waals surface area contributed by atoms with Crippen LogP contribution in [0, 0.1) is 5.82 Å².